The van der Waals surface area contributed by atoms with Crippen LogP contribution in [0, 0.1) is 0 Å². The molecule has 0 saturated heterocycles. The van der Waals surface area contributed by atoms with Gasteiger partial charge in [0, 0.05) is 6.42 Å². The maximum absolute atomic E-state index is 13.2. The van der Waals surface area contributed by atoms with E-state index in [9.17, 15) is 19.8 Å². The Balaban J connectivity index is 4.63. The molecule has 0 aliphatic rings. The van der Waals surface area contributed by atoms with Gasteiger partial charge in [-0.1, -0.05) is 222 Å². The Bertz CT molecular complexity index is 1170. The zero-order valence-corrected chi connectivity index (χ0v) is 41.4. The van der Waals surface area contributed by atoms with Gasteiger partial charge in [-0.3, -0.25) is 9.59 Å². The molecule has 6 heteroatoms. The van der Waals surface area contributed by atoms with Crippen LogP contribution in [0.2, 0.25) is 0 Å². The van der Waals surface area contributed by atoms with Crippen LogP contribution in [0.25, 0.3) is 0 Å². The lowest BCUT2D eigenvalue weighted by Gasteiger charge is -2.24. The second-order valence-electron chi connectivity index (χ2n) is 17.9. The largest absolute Gasteiger partial charge is 0.462 e. The quantitative estimate of drug-likeness (QED) is 0.0321. The van der Waals surface area contributed by atoms with Gasteiger partial charge in [0.2, 0.25) is 5.91 Å². The van der Waals surface area contributed by atoms with E-state index >= 15 is 0 Å². The number of amides is 1. The summed E-state index contributed by atoms with van der Waals surface area (Å²) in [4.78, 5) is 26.1. The molecular formula is C57H101NO5. The van der Waals surface area contributed by atoms with Crippen LogP contribution in [0.1, 0.15) is 252 Å². The number of aliphatic hydroxyl groups is 2. The van der Waals surface area contributed by atoms with Gasteiger partial charge in [0.05, 0.1) is 25.2 Å². The first-order chi connectivity index (χ1) is 31.0. The van der Waals surface area contributed by atoms with E-state index in [1.165, 1.54) is 109 Å². The summed E-state index contributed by atoms with van der Waals surface area (Å²) in [6, 6.07) is -0.720. The molecule has 63 heavy (non-hydrogen) atoms. The van der Waals surface area contributed by atoms with Crippen LogP contribution >= 0.6 is 0 Å². The summed E-state index contributed by atoms with van der Waals surface area (Å²) in [7, 11) is 0. The van der Waals surface area contributed by atoms with Gasteiger partial charge in [0.15, 0.2) is 0 Å². The van der Waals surface area contributed by atoms with Crippen LogP contribution in [0.15, 0.2) is 72.9 Å². The highest BCUT2D eigenvalue weighted by Gasteiger charge is 2.24. The molecule has 0 saturated carbocycles. The minimum Gasteiger partial charge on any atom is -0.462 e. The Morgan fingerprint density at radius 3 is 1.33 bits per heavy atom. The predicted molar refractivity (Wildman–Crippen MR) is 273 cm³/mol. The summed E-state index contributed by atoms with van der Waals surface area (Å²) in [5, 5.41) is 23.8. The third-order valence-corrected chi connectivity index (χ3v) is 11.8. The first kappa shape index (κ1) is 60.3. The fourth-order valence-corrected chi connectivity index (χ4v) is 7.75. The van der Waals surface area contributed by atoms with Gasteiger partial charge < -0.3 is 20.3 Å². The molecule has 0 heterocycles. The number of carbonyl (C=O) groups excluding carboxylic acids is 2. The van der Waals surface area contributed by atoms with Crippen molar-refractivity contribution in [3.05, 3.63) is 72.9 Å². The Hall–Kier alpha value is -2.70. The van der Waals surface area contributed by atoms with Crippen LogP contribution in [-0.4, -0.2) is 46.9 Å². The van der Waals surface area contributed by atoms with E-state index in [1.54, 1.807) is 0 Å². The van der Waals surface area contributed by atoms with E-state index in [2.05, 4.69) is 99.0 Å². The van der Waals surface area contributed by atoms with Crippen LogP contribution in [0.4, 0.5) is 0 Å². The van der Waals surface area contributed by atoms with E-state index in [0.29, 0.717) is 25.7 Å². The lowest BCUT2D eigenvalue weighted by molar-refractivity contribution is -0.151. The van der Waals surface area contributed by atoms with Gasteiger partial charge in [-0.25, -0.2) is 0 Å². The van der Waals surface area contributed by atoms with E-state index in [1.807, 2.05) is 0 Å². The summed E-state index contributed by atoms with van der Waals surface area (Å²) in [6.45, 7) is 6.34. The summed E-state index contributed by atoms with van der Waals surface area (Å²) in [5.74, 6) is -0.555. The smallest absolute Gasteiger partial charge is 0.306 e. The molecule has 6 nitrogen and oxygen atoms in total. The number of hydrogen-bond acceptors (Lipinski definition) is 5. The van der Waals surface area contributed by atoms with Gasteiger partial charge in [-0.2, -0.15) is 0 Å². The second kappa shape index (κ2) is 50.3. The van der Waals surface area contributed by atoms with Crippen molar-refractivity contribution >= 4 is 11.9 Å². The van der Waals surface area contributed by atoms with Gasteiger partial charge in [0.1, 0.15) is 6.10 Å². The first-order valence-corrected chi connectivity index (χ1v) is 26.7. The molecule has 3 N–H and O–H groups in total. The Kier molecular flexibility index (Phi) is 48.1. The number of nitrogens with one attached hydrogen (secondary N) is 1. The molecule has 1 amide bonds. The topological polar surface area (TPSA) is 95.9 Å². The third kappa shape index (κ3) is 45.7. The lowest BCUT2D eigenvalue weighted by atomic mass is 10.0. The Morgan fingerprint density at radius 2 is 0.857 bits per heavy atom. The minimum atomic E-state index is -0.803. The van der Waals surface area contributed by atoms with Gasteiger partial charge in [-0.05, 0) is 89.9 Å². The number of ether oxygens (including phenoxy) is 1. The highest BCUT2D eigenvalue weighted by molar-refractivity contribution is 5.77. The number of carbonyl (C=O) groups is 2. The lowest BCUT2D eigenvalue weighted by Crippen LogP contribution is -2.46. The molecule has 0 aliphatic heterocycles. The van der Waals surface area contributed by atoms with Crippen molar-refractivity contribution in [1.29, 1.82) is 0 Å². The van der Waals surface area contributed by atoms with Crippen molar-refractivity contribution in [3.8, 4) is 0 Å². The molecule has 3 unspecified atom stereocenters. The third-order valence-electron chi connectivity index (χ3n) is 11.8. The van der Waals surface area contributed by atoms with Crippen molar-refractivity contribution < 1.29 is 24.5 Å². The molecule has 0 fully saturated rings. The minimum absolute atomic E-state index is 0.0440. The van der Waals surface area contributed by atoms with Crippen LogP contribution in [0.3, 0.4) is 0 Å². The molecular weight excluding hydrogens is 779 g/mol. The van der Waals surface area contributed by atoms with Crippen molar-refractivity contribution in [3.63, 3.8) is 0 Å². The maximum atomic E-state index is 13.2. The van der Waals surface area contributed by atoms with Crippen LogP contribution < -0.4 is 5.32 Å². The molecule has 0 aliphatic carbocycles. The normalized spacial score (nSPS) is 13.8. The maximum Gasteiger partial charge on any atom is 0.306 e. The predicted octanol–water partition coefficient (Wildman–Crippen LogP) is 16.2. The second-order valence-corrected chi connectivity index (χ2v) is 17.9. The average molecular weight is 880 g/mol. The number of rotatable bonds is 47. The van der Waals surface area contributed by atoms with Gasteiger partial charge in [0.25, 0.3) is 0 Å². The zero-order valence-electron chi connectivity index (χ0n) is 41.4. The van der Waals surface area contributed by atoms with E-state index in [0.717, 1.165) is 89.9 Å². The SMILES string of the molecule is CC/C=C/C/C=C/CCCCCCCC(CC(=O)NC(CO)C(O)CCCCCCCCCCCCCCCCC)OC(=O)CCC/C=C\C/C=C\C/C=C\C/C=C\CCCCC. The molecule has 0 aromatic heterocycles. The average Bonchev–Trinajstić information content (AvgIpc) is 3.28. The number of allylic oxidation sites excluding steroid dienone is 12. The fraction of sp³-hybridized carbons (Fsp3) is 0.754. The Labute approximate surface area is 390 Å². The van der Waals surface area contributed by atoms with Crippen molar-refractivity contribution in [1.82, 2.24) is 5.32 Å². The molecule has 0 bridgehead atoms. The van der Waals surface area contributed by atoms with E-state index in [4.69, 9.17) is 4.74 Å². The Morgan fingerprint density at radius 1 is 0.476 bits per heavy atom. The molecule has 364 valence electrons. The van der Waals surface area contributed by atoms with E-state index in [-0.39, 0.29) is 24.9 Å². The van der Waals surface area contributed by atoms with Crippen molar-refractivity contribution in [2.75, 3.05) is 6.61 Å². The van der Waals surface area contributed by atoms with Crippen LogP contribution in [-0.2, 0) is 14.3 Å². The summed E-state index contributed by atoms with van der Waals surface area (Å²) >= 11 is 0. The summed E-state index contributed by atoms with van der Waals surface area (Å²) in [6.07, 6.45) is 63.9. The summed E-state index contributed by atoms with van der Waals surface area (Å²) < 4.78 is 5.90. The number of esters is 1. The van der Waals surface area contributed by atoms with Gasteiger partial charge >= 0.3 is 5.97 Å². The van der Waals surface area contributed by atoms with Crippen molar-refractivity contribution in [2.24, 2.45) is 0 Å². The monoisotopic (exact) mass is 880 g/mol. The molecule has 0 aromatic carbocycles. The number of unbranched alkanes of at least 4 members (excludes halogenated alkanes) is 23. The fourth-order valence-electron chi connectivity index (χ4n) is 7.75. The highest BCUT2D eigenvalue weighted by atomic mass is 16.5. The number of aliphatic hydroxyl groups excluding tert-OH is 2. The molecule has 0 radical (unpaired) electrons. The van der Waals surface area contributed by atoms with E-state index < -0.39 is 18.2 Å². The standard InChI is InChI=1S/C57H101NO5/c1-4-7-10-13-16-19-22-25-27-28-30-32-35-38-41-44-47-50-57(62)63-53(48-45-42-39-36-33-24-21-18-15-12-9-6-3)51-56(61)58-54(52-59)55(60)49-46-43-40-37-34-31-29-26-23-20-17-14-11-8-5-2/h9,12,16,18-19,21,25,27,30,32,38,41,53-55,59-60H,4-8,10-11,13-15,17,20,22-24,26,28-29,31,33-37,39-40,42-52H2,1-3H3,(H,58,61)/b12-9+,19-16-,21-18+,27-25-,32-30-,41-38-. The molecule has 3 atom stereocenters. The van der Waals surface area contributed by atoms with Crippen LogP contribution in [0.5, 0.6) is 0 Å². The summed E-state index contributed by atoms with van der Waals surface area (Å²) in [5.41, 5.74) is 0. The zero-order chi connectivity index (χ0) is 45.9. The van der Waals surface area contributed by atoms with Gasteiger partial charge in [-0.15, -0.1) is 0 Å². The highest BCUT2D eigenvalue weighted by Crippen LogP contribution is 2.17. The number of hydrogen-bond donors (Lipinski definition) is 3. The molecule has 0 spiro atoms. The molecule has 0 rings (SSSR count). The van der Waals surface area contributed by atoms with Crippen molar-refractivity contribution in [2.45, 2.75) is 270 Å². The first-order valence-electron chi connectivity index (χ1n) is 26.7. The molecule has 0 aromatic rings.